The van der Waals surface area contributed by atoms with Crippen molar-refractivity contribution in [1.82, 2.24) is 5.32 Å². The van der Waals surface area contributed by atoms with Gasteiger partial charge >= 0.3 is 0 Å². The number of halogens is 1. The Morgan fingerprint density at radius 2 is 1.72 bits per heavy atom. The van der Waals surface area contributed by atoms with E-state index in [1.165, 1.54) is 23.3 Å². The first-order valence-corrected chi connectivity index (χ1v) is 12.5. The highest BCUT2D eigenvalue weighted by molar-refractivity contribution is 8.32. The van der Waals surface area contributed by atoms with Crippen molar-refractivity contribution >= 4 is 27.3 Å². The molecule has 0 aliphatic rings. The van der Waals surface area contributed by atoms with Crippen LogP contribution in [-0.4, -0.2) is 30.1 Å². The molecule has 1 nitrogen and oxygen atoms in total. The van der Waals surface area contributed by atoms with Crippen molar-refractivity contribution < 1.29 is 0 Å². The molecule has 0 aliphatic carbocycles. The lowest BCUT2D eigenvalue weighted by atomic mass is 9.81. The topological polar surface area (TPSA) is 12.0 Å². The zero-order valence-electron chi connectivity index (χ0n) is 17.6. The summed E-state index contributed by atoms with van der Waals surface area (Å²) in [6.07, 6.45) is 10.4. The lowest BCUT2D eigenvalue weighted by Crippen LogP contribution is -2.41. The lowest BCUT2D eigenvalue weighted by molar-refractivity contribution is 0.264. The Morgan fingerprint density at radius 3 is 2.24 bits per heavy atom. The molecule has 1 rings (SSSR count). The molecule has 144 valence electrons. The molecule has 1 aromatic carbocycles. The zero-order valence-corrected chi connectivity index (χ0v) is 19.1. The van der Waals surface area contributed by atoms with Crippen LogP contribution in [0.4, 0.5) is 0 Å². The van der Waals surface area contributed by atoms with Crippen molar-refractivity contribution in [2.24, 2.45) is 5.41 Å². The van der Waals surface area contributed by atoms with Crippen LogP contribution in [0.2, 0.25) is 5.02 Å². The maximum Gasteiger partial charge on any atom is 0.0444 e. The van der Waals surface area contributed by atoms with E-state index in [9.17, 15) is 0 Å². The highest BCUT2D eigenvalue weighted by Crippen LogP contribution is 2.36. The van der Waals surface area contributed by atoms with Crippen LogP contribution < -0.4 is 5.32 Å². The van der Waals surface area contributed by atoms with Gasteiger partial charge in [-0.2, -0.15) is 0 Å². The van der Waals surface area contributed by atoms with Crippen molar-refractivity contribution in [2.45, 2.75) is 59.4 Å². The molecule has 25 heavy (non-hydrogen) atoms. The minimum Gasteiger partial charge on any atom is -0.380 e. The van der Waals surface area contributed by atoms with E-state index >= 15 is 0 Å². The third kappa shape index (κ3) is 8.55. The van der Waals surface area contributed by atoms with Gasteiger partial charge in [0, 0.05) is 21.8 Å². The van der Waals surface area contributed by atoms with Gasteiger partial charge in [0.2, 0.25) is 0 Å². The third-order valence-electron chi connectivity index (χ3n) is 4.09. The highest BCUT2D eigenvalue weighted by atomic mass is 35.5. The second-order valence-corrected chi connectivity index (χ2v) is 14.9. The first kappa shape index (κ1) is 22.4. The average molecular weight is 384 g/mol. The third-order valence-corrected chi connectivity index (χ3v) is 5.96. The molecule has 0 radical (unpaired) electrons. The summed E-state index contributed by atoms with van der Waals surface area (Å²) < 4.78 is 0. The van der Waals surface area contributed by atoms with E-state index in [1.807, 2.05) is 12.1 Å². The van der Waals surface area contributed by atoms with Gasteiger partial charge in [0.1, 0.15) is 0 Å². The van der Waals surface area contributed by atoms with Gasteiger partial charge in [0.25, 0.3) is 0 Å². The van der Waals surface area contributed by atoms with Gasteiger partial charge in [-0.1, -0.05) is 51.1 Å². The summed E-state index contributed by atoms with van der Waals surface area (Å²) in [5.41, 5.74) is 3.64. The molecule has 0 saturated carbocycles. The quantitative estimate of drug-likeness (QED) is 0.523. The minimum absolute atomic E-state index is 0.00945. The van der Waals surface area contributed by atoms with E-state index < -0.39 is 10.0 Å². The summed E-state index contributed by atoms with van der Waals surface area (Å²) in [6, 6.07) is 6.17. The van der Waals surface area contributed by atoms with Gasteiger partial charge in [0.15, 0.2) is 0 Å². The summed E-state index contributed by atoms with van der Waals surface area (Å²) in [6.45, 7) is 15.7. The van der Waals surface area contributed by atoms with Crippen molar-refractivity contribution in [2.75, 3.05) is 24.5 Å². The molecular formula is C22H38ClNS. The number of nitrogens with one attached hydrogen (secondary N) is 1. The normalized spacial score (nSPS) is 13.6. The van der Waals surface area contributed by atoms with Crippen LogP contribution in [0.3, 0.4) is 0 Å². The molecule has 0 fully saturated rings. The molecule has 0 aromatic heterocycles. The average Bonchev–Trinajstić information content (AvgIpc) is 2.35. The van der Waals surface area contributed by atoms with E-state index in [-0.39, 0.29) is 11.0 Å². The fraction of sp³-hybridized carbons (Fsp3) is 0.636. The molecule has 0 atom stereocenters. The summed E-state index contributed by atoms with van der Waals surface area (Å²) in [5, 5.41) is 4.51. The van der Waals surface area contributed by atoms with E-state index in [0.29, 0.717) is 0 Å². The monoisotopic (exact) mass is 383 g/mol. The Labute approximate surface area is 162 Å². The van der Waals surface area contributed by atoms with Crippen molar-refractivity contribution in [3.63, 3.8) is 0 Å². The van der Waals surface area contributed by atoms with E-state index in [4.69, 9.17) is 11.6 Å². The van der Waals surface area contributed by atoms with Crippen LogP contribution in [0.15, 0.2) is 24.8 Å². The number of rotatable bonds is 8. The molecule has 3 heteroatoms. The van der Waals surface area contributed by atoms with Gasteiger partial charge in [0.05, 0.1) is 0 Å². The fourth-order valence-electron chi connectivity index (χ4n) is 3.62. The molecule has 0 saturated heterocycles. The Hall–Kier alpha value is -0.600. The fourth-order valence-corrected chi connectivity index (χ4v) is 4.90. The first-order chi connectivity index (χ1) is 11.2. The first-order valence-electron chi connectivity index (χ1n) is 9.11. The molecule has 0 aliphatic heterocycles. The summed E-state index contributed by atoms with van der Waals surface area (Å²) in [4.78, 5) is 0. The van der Waals surface area contributed by atoms with E-state index in [1.54, 1.807) is 0 Å². The Balaban J connectivity index is 2.93. The molecule has 0 spiro atoms. The van der Waals surface area contributed by atoms with Gasteiger partial charge in [-0.3, -0.25) is 0 Å². The molecule has 0 unspecified atom stereocenters. The van der Waals surface area contributed by atoms with Crippen LogP contribution in [0.1, 0.15) is 58.6 Å². The Kier molecular flexibility index (Phi) is 7.53. The molecule has 1 aromatic rings. The smallest absolute Gasteiger partial charge is 0.0444 e. The maximum absolute atomic E-state index is 6.54. The number of hydrogen-bond donors (Lipinski definition) is 1. The van der Waals surface area contributed by atoms with Crippen LogP contribution in [0.5, 0.6) is 0 Å². The van der Waals surface area contributed by atoms with Crippen LogP contribution in [-0.2, 0) is 6.42 Å². The van der Waals surface area contributed by atoms with Gasteiger partial charge in [-0.25, -0.2) is 10.0 Å². The van der Waals surface area contributed by atoms with Gasteiger partial charge in [-0.05, 0) is 74.7 Å². The van der Waals surface area contributed by atoms with Crippen molar-refractivity contribution in [3.8, 4) is 0 Å². The largest absolute Gasteiger partial charge is 0.380 e. The lowest BCUT2D eigenvalue weighted by Gasteiger charge is -2.35. The van der Waals surface area contributed by atoms with Gasteiger partial charge < -0.3 is 5.32 Å². The minimum atomic E-state index is -0.470. The summed E-state index contributed by atoms with van der Waals surface area (Å²) >= 11 is 6.54. The predicted octanol–water partition coefficient (Wildman–Crippen LogP) is 6.74. The number of hydrogen-bond acceptors (Lipinski definition) is 1. The standard InChI is InChI=1S/C22H38ClNS/c1-17(24-22(5,6)16-21(2,3)4)18-12-10-14-20(23)19(18)13-11-15-25(7,8)9/h10,12,14,24H,1,11,13,15-16H2,2-9H3. The Morgan fingerprint density at radius 1 is 1.12 bits per heavy atom. The Bertz CT molecular complexity index is 591. The highest BCUT2D eigenvalue weighted by Gasteiger charge is 2.26. The molecule has 1 N–H and O–H groups in total. The zero-order chi connectivity index (χ0) is 19.5. The van der Waals surface area contributed by atoms with Gasteiger partial charge in [-0.15, -0.1) is 0 Å². The van der Waals surface area contributed by atoms with E-state index in [2.05, 4.69) is 71.3 Å². The van der Waals surface area contributed by atoms with Crippen LogP contribution >= 0.6 is 21.6 Å². The van der Waals surface area contributed by atoms with Crippen molar-refractivity contribution in [3.05, 3.63) is 40.9 Å². The van der Waals surface area contributed by atoms with Crippen LogP contribution in [0.25, 0.3) is 5.70 Å². The summed E-state index contributed by atoms with van der Waals surface area (Å²) in [7, 11) is -0.470. The SMILES string of the molecule is C=C(NC(C)(C)CC(C)(C)C)c1cccc(Cl)c1CCCS(C)(C)C. The van der Waals surface area contributed by atoms with Crippen molar-refractivity contribution in [1.29, 1.82) is 0 Å². The number of benzene rings is 1. The molecular weight excluding hydrogens is 346 g/mol. The molecule has 0 heterocycles. The second kappa shape index (κ2) is 8.39. The molecule has 0 bridgehead atoms. The van der Waals surface area contributed by atoms with Crippen LogP contribution in [0, 0.1) is 5.41 Å². The second-order valence-electron chi connectivity index (χ2n) is 9.89. The summed E-state index contributed by atoms with van der Waals surface area (Å²) in [5.74, 6) is 1.27. The maximum atomic E-state index is 6.54. The predicted molar refractivity (Wildman–Crippen MR) is 120 cm³/mol. The van der Waals surface area contributed by atoms with E-state index in [0.717, 1.165) is 23.6 Å². The molecule has 0 amide bonds.